The first-order chi connectivity index (χ1) is 14.9. The molecule has 0 radical (unpaired) electrons. The van der Waals surface area contributed by atoms with Crippen molar-refractivity contribution in [1.29, 1.82) is 0 Å². The van der Waals surface area contributed by atoms with E-state index >= 15 is 0 Å². The van der Waals surface area contributed by atoms with Crippen LogP contribution >= 0.6 is 23.2 Å². The molecular weight excluding hydrogens is 441 g/mol. The molecule has 0 unspecified atom stereocenters. The van der Waals surface area contributed by atoms with Gasteiger partial charge in [0.1, 0.15) is 5.75 Å². The highest BCUT2D eigenvalue weighted by atomic mass is 35.5. The highest BCUT2D eigenvalue weighted by Gasteiger charge is 2.13. The number of anilines is 1. The monoisotopic (exact) mass is 455 g/mol. The number of hydrogen-bond donors (Lipinski definition) is 2. The summed E-state index contributed by atoms with van der Waals surface area (Å²) in [5.41, 5.74) is 3.46. The van der Waals surface area contributed by atoms with E-state index in [1.54, 1.807) is 60.7 Å². The van der Waals surface area contributed by atoms with E-state index in [4.69, 9.17) is 27.9 Å². The number of benzene rings is 3. The van der Waals surface area contributed by atoms with E-state index in [1.165, 1.54) is 18.3 Å². The minimum atomic E-state index is -0.941. The van der Waals surface area contributed by atoms with Crippen molar-refractivity contribution < 1.29 is 19.1 Å². The minimum absolute atomic E-state index is 0.326. The number of nitrogens with zero attached hydrogens (tertiary/aromatic N) is 1. The van der Waals surface area contributed by atoms with Crippen molar-refractivity contribution in [1.82, 2.24) is 5.43 Å². The Labute approximate surface area is 187 Å². The molecule has 2 N–H and O–H groups in total. The largest absolute Gasteiger partial charge is 0.423 e. The molecule has 2 amide bonds. The molecule has 3 rings (SSSR count). The fourth-order valence-corrected chi connectivity index (χ4v) is 2.75. The van der Waals surface area contributed by atoms with Crippen LogP contribution < -0.4 is 15.5 Å². The first kappa shape index (κ1) is 22.0. The SMILES string of the molecule is O=C(N/N=C/c1ccc(OC(=O)c2cccc(Cl)c2)cc1)C(=O)Nc1cccc(Cl)c1. The zero-order chi connectivity index (χ0) is 22.2. The lowest BCUT2D eigenvalue weighted by molar-refractivity contribution is -0.136. The standard InChI is InChI=1S/C22H15Cl2N3O4/c23-16-4-1-3-15(11-16)22(30)31-19-9-7-14(8-10-19)13-25-27-21(29)20(28)26-18-6-2-5-17(24)12-18/h1-13H,(H,26,28)(H,27,29)/b25-13+. The molecule has 0 atom stereocenters. The summed E-state index contributed by atoms with van der Waals surface area (Å²) in [5.74, 6) is -2.04. The molecule has 156 valence electrons. The molecule has 3 aromatic rings. The van der Waals surface area contributed by atoms with Gasteiger partial charge in [-0.1, -0.05) is 35.3 Å². The predicted octanol–water partition coefficient (Wildman–Crippen LogP) is 4.30. The molecule has 7 nitrogen and oxygen atoms in total. The number of amides is 2. The molecule has 9 heteroatoms. The van der Waals surface area contributed by atoms with Crippen molar-refractivity contribution in [2.75, 3.05) is 5.32 Å². The third-order valence-corrected chi connectivity index (χ3v) is 4.29. The Kier molecular flexibility index (Phi) is 7.37. The van der Waals surface area contributed by atoms with E-state index in [1.807, 2.05) is 0 Å². The van der Waals surface area contributed by atoms with Crippen molar-refractivity contribution in [3.8, 4) is 5.75 Å². The minimum Gasteiger partial charge on any atom is -0.423 e. The normalized spacial score (nSPS) is 10.5. The molecule has 0 spiro atoms. The van der Waals surface area contributed by atoms with Gasteiger partial charge in [-0.05, 0) is 66.2 Å². The molecule has 3 aromatic carbocycles. The van der Waals surface area contributed by atoms with Crippen LogP contribution in [0.15, 0.2) is 77.9 Å². The Bertz CT molecular complexity index is 1150. The fraction of sp³-hybridized carbons (Fsp3) is 0. The number of halogens is 2. The first-order valence-electron chi connectivity index (χ1n) is 8.88. The maximum atomic E-state index is 12.1. The summed E-state index contributed by atoms with van der Waals surface area (Å²) in [7, 11) is 0. The molecule has 0 bridgehead atoms. The Morgan fingerprint density at radius 3 is 2.19 bits per heavy atom. The van der Waals surface area contributed by atoms with Crippen LogP contribution in [0.2, 0.25) is 10.0 Å². The second-order valence-corrected chi connectivity index (χ2v) is 7.01. The van der Waals surface area contributed by atoms with E-state index in [9.17, 15) is 14.4 Å². The topological polar surface area (TPSA) is 96.9 Å². The van der Waals surface area contributed by atoms with Gasteiger partial charge in [-0.3, -0.25) is 9.59 Å². The summed E-state index contributed by atoms with van der Waals surface area (Å²) in [6.45, 7) is 0. The lowest BCUT2D eigenvalue weighted by Crippen LogP contribution is -2.32. The maximum Gasteiger partial charge on any atom is 0.343 e. The molecule has 0 aliphatic carbocycles. The molecule has 0 heterocycles. The zero-order valence-electron chi connectivity index (χ0n) is 15.8. The van der Waals surface area contributed by atoms with Gasteiger partial charge in [0.15, 0.2) is 0 Å². The maximum absolute atomic E-state index is 12.1. The van der Waals surface area contributed by atoms with Gasteiger partial charge in [0.2, 0.25) is 0 Å². The van der Waals surface area contributed by atoms with E-state index in [-0.39, 0.29) is 0 Å². The highest BCUT2D eigenvalue weighted by molar-refractivity contribution is 6.39. The number of hydrogen-bond acceptors (Lipinski definition) is 5. The van der Waals surface area contributed by atoms with Gasteiger partial charge in [0, 0.05) is 15.7 Å². The Morgan fingerprint density at radius 2 is 1.52 bits per heavy atom. The lowest BCUT2D eigenvalue weighted by atomic mass is 10.2. The molecule has 31 heavy (non-hydrogen) atoms. The van der Waals surface area contributed by atoms with Crippen LogP contribution in [0, 0.1) is 0 Å². The van der Waals surface area contributed by atoms with Crippen LogP contribution in [0.3, 0.4) is 0 Å². The number of carbonyl (C=O) groups excluding carboxylic acids is 3. The van der Waals surface area contributed by atoms with Crippen molar-refractivity contribution in [3.05, 3.63) is 94.0 Å². The van der Waals surface area contributed by atoms with E-state index in [2.05, 4.69) is 15.8 Å². The second kappa shape index (κ2) is 10.4. The third kappa shape index (κ3) is 6.67. The number of rotatable bonds is 5. The summed E-state index contributed by atoms with van der Waals surface area (Å²) >= 11 is 11.7. The number of esters is 1. The van der Waals surface area contributed by atoms with Crippen molar-refractivity contribution in [2.45, 2.75) is 0 Å². The Morgan fingerprint density at radius 1 is 0.839 bits per heavy atom. The summed E-state index contributed by atoms with van der Waals surface area (Å²) < 4.78 is 5.28. The van der Waals surface area contributed by atoms with Gasteiger partial charge >= 0.3 is 17.8 Å². The van der Waals surface area contributed by atoms with Crippen molar-refractivity contribution >= 4 is 52.9 Å². The van der Waals surface area contributed by atoms with Gasteiger partial charge in [-0.15, -0.1) is 0 Å². The second-order valence-electron chi connectivity index (χ2n) is 6.13. The van der Waals surface area contributed by atoms with Crippen molar-refractivity contribution in [3.63, 3.8) is 0 Å². The van der Waals surface area contributed by atoms with Crippen LogP contribution in [0.1, 0.15) is 15.9 Å². The number of carbonyl (C=O) groups is 3. The van der Waals surface area contributed by atoms with E-state index in [0.717, 1.165) is 0 Å². The third-order valence-electron chi connectivity index (χ3n) is 3.82. The van der Waals surface area contributed by atoms with Crippen LogP contribution in [0.4, 0.5) is 5.69 Å². The van der Waals surface area contributed by atoms with Gasteiger partial charge in [-0.2, -0.15) is 5.10 Å². The summed E-state index contributed by atoms with van der Waals surface area (Å²) in [6.07, 6.45) is 1.34. The molecular formula is C22H15Cl2N3O4. The molecule has 0 aliphatic rings. The summed E-state index contributed by atoms with van der Waals surface area (Å²) in [6, 6.07) is 19.2. The van der Waals surface area contributed by atoms with E-state index in [0.29, 0.717) is 32.6 Å². The molecule has 0 saturated carbocycles. The summed E-state index contributed by atoms with van der Waals surface area (Å²) in [4.78, 5) is 35.8. The van der Waals surface area contributed by atoms with E-state index < -0.39 is 17.8 Å². The molecule has 0 fully saturated rings. The smallest absolute Gasteiger partial charge is 0.343 e. The molecule has 0 aromatic heterocycles. The van der Waals surface area contributed by atoms with Crippen LogP contribution in [-0.2, 0) is 9.59 Å². The average Bonchev–Trinajstić information content (AvgIpc) is 2.75. The van der Waals surface area contributed by atoms with Crippen LogP contribution in [0.5, 0.6) is 5.75 Å². The number of nitrogens with one attached hydrogen (secondary N) is 2. The Hall–Kier alpha value is -3.68. The molecule has 0 saturated heterocycles. The van der Waals surface area contributed by atoms with Crippen molar-refractivity contribution in [2.24, 2.45) is 5.10 Å². The number of ether oxygens (including phenoxy) is 1. The van der Waals surface area contributed by atoms with Crippen LogP contribution in [0.25, 0.3) is 0 Å². The quantitative estimate of drug-likeness (QED) is 0.197. The van der Waals surface area contributed by atoms with Crippen LogP contribution in [-0.4, -0.2) is 24.0 Å². The molecule has 0 aliphatic heterocycles. The van der Waals surface area contributed by atoms with Gasteiger partial charge < -0.3 is 10.1 Å². The first-order valence-corrected chi connectivity index (χ1v) is 9.64. The van der Waals surface area contributed by atoms with Gasteiger partial charge in [0.05, 0.1) is 11.8 Å². The highest BCUT2D eigenvalue weighted by Crippen LogP contribution is 2.16. The predicted molar refractivity (Wildman–Crippen MR) is 119 cm³/mol. The zero-order valence-corrected chi connectivity index (χ0v) is 17.4. The van der Waals surface area contributed by atoms with Gasteiger partial charge in [0.25, 0.3) is 0 Å². The lowest BCUT2D eigenvalue weighted by Gasteiger charge is -2.05. The summed E-state index contributed by atoms with van der Waals surface area (Å²) in [5, 5.41) is 7.01. The number of hydrazone groups is 1. The average molecular weight is 456 g/mol. The Balaban J connectivity index is 1.51. The van der Waals surface area contributed by atoms with Gasteiger partial charge in [-0.25, -0.2) is 10.2 Å². The fourth-order valence-electron chi connectivity index (χ4n) is 2.37.